The normalized spacial score (nSPS) is 11.7. The number of nitrogens with two attached hydrogens (primary N) is 3. The Balaban J connectivity index is 2.53. The van der Waals surface area contributed by atoms with Crippen molar-refractivity contribution in [2.75, 3.05) is 0 Å². The summed E-state index contributed by atoms with van der Waals surface area (Å²) in [7, 11) is 0. The smallest absolute Gasteiger partial charge is 0.223 e. The second kappa shape index (κ2) is 4.57. The number of fused-ring (bicyclic) bond motifs is 1. The fraction of sp³-hybridized carbons (Fsp3) is 0. The number of nitrogens with one attached hydrogen (secondary N) is 1. The van der Waals surface area contributed by atoms with Crippen LogP contribution in [0.4, 0.5) is 5.69 Å². The Morgan fingerprint density at radius 1 is 1.29 bits per heavy atom. The number of benzene rings is 1. The van der Waals surface area contributed by atoms with Gasteiger partial charge in [-0.25, -0.2) is 4.99 Å². The summed E-state index contributed by atoms with van der Waals surface area (Å²) in [6.45, 7) is 0. The zero-order valence-corrected chi connectivity index (χ0v) is 10.8. The van der Waals surface area contributed by atoms with Crippen molar-refractivity contribution in [2.45, 2.75) is 0 Å². The first-order valence-electron chi connectivity index (χ1n) is 4.64. The van der Waals surface area contributed by atoms with Crippen LogP contribution in [-0.2, 0) is 0 Å². The maximum absolute atomic E-state index is 5.57. The fourth-order valence-electron chi connectivity index (χ4n) is 1.36. The lowest BCUT2D eigenvalue weighted by Gasteiger charge is -1.97. The topological polar surface area (TPSA) is 131 Å². The quantitative estimate of drug-likeness (QED) is 0.339. The predicted molar refractivity (Wildman–Crippen MR) is 75.9 cm³/mol. The highest BCUT2D eigenvalue weighted by Gasteiger charge is 2.06. The molecular weight excluding hydrogens is 333 g/mol. The van der Waals surface area contributed by atoms with Crippen LogP contribution in [0.15, 0.2) is 28.2 Å². The van der Waals surface area contributed by atoms with E-state index in [0.717, 1.165) is 14.6 Å². The third-order valence-electron chi connectivity index (χ3n) is 2.00. The van der Waals surface area contributed by atoms with Gasteiger partial charge < -0.3 is 17.2 Å². The molecule has 88 valence electrons. The van der Waals surface area contributed by atoms with Crippen LogP contribution in [0.5, 0.6) is 0 Å². The van der Waals surface area contributed by atoms with Gasteiger partial charge in [-0.2, -0.15) is 10.1 Å². The summed E-state index contributed by atoms with van der Waals surface area (Å²) in [6.07, 6.45) is 0. The molecule has 7 N–H and O–H groups in total. The van der Waals surface area contributed by atoms with Gasteiger partial charge in [0, 0.05) is 5.39 Å². The predicted octanol–water partition coefficient (Wildman–Crippen LogP) is 0.387. The summed E-state index contributed by atoms with van der Waals surface area (Å²) in [5.41, 5.74) is 17.3. The highest BCUT2D eigenvalue weighted by molar-refractivity contribution is 14.1. The van der Waals surface area contributed by atoms with E-state index in [1.807, 2.05) is 12.1 Å². The van der Waals surface area contributed by atoms with Crippen molar-refractivity contribution in [3.05, 3.63) is 21.9 Å². The third kappa shape index (κ3) is 2.46. The number of rotatable bonds is 1. The van der Waals surface area contributed by atoms with Crippen molar-refractivity contribution in [1.29, 1.82) is 0 Å². The molecule has 0 saturated heterocycles. The average molecular weight is 343 g/mol. The van der Waals surface area contributed by atoms with E-state index in [4.69, 9.17) is 17.2 Å². The Morgan fingerprint density at radius 3 is 2.76 bits per heavy atom. The van der Waals surface area contributed by atoms with Crippen molar-refractivity contribution in [3.63, 3.8) is 0 Å². The second-order valence-electron chi connectivity index (χ2n) is 3.22. The molecule has 0 aliphatic heterocycles. The maximum atomic E-state index is 5.57. The third-order valence-corrected chi connectivity index (χ3v) is 2.82. The number of hydrogen-bond donors (Lipinski definition) is 4. The lowest BCUT2D eigenvalue weighted by Crippen LogP contribution is -2.26. The first kappa shape index (κ1) is 11.6. The molecule has 17 heavy (non-hydrogen) atoms. The van der Waals surface area contributed by atoms with Crippen molar-refractivity contribution >= 4 is 51.1 Å². The number of nitrogens with zero attached hydrogens (tertiary/aromatic N) is 3. The van der Waals surface area contributed by atoms with Gasteiger partial charge in [0.25, 0.3) is 0 Å². The molecule has 7 nitrogen and oxygen atoms in total. The van der Waals surface area contributed by atoms with Crippen molar-refractivity contribution in [1.82, 2.24) is 10.2 Å². The molecule has 0 bridgehead atoms. The van der Waals surface area contributed by atoms with E-state index in [1.54, 1.807) is 6.07 Å². The highest BCUT2D eigenvalue weighted by atomic mass is 127. The lowest BCUT2D eigenvalue weighted by molar-refractivity contribution is 1.09. The molecule has 8 heteroatoms. The van der Waals surface area contributed by atoms with Gasteiger partial charge >= 0.3 is 0 Å². The minimum Gasteiger partial charge on any atom is -0.370 e. The largest absolute Gasteiger partial charge is 0.370 e. The van der Waals surface area contributed by atoms with Crippen LogP contribution >= 0.6 is 22.6 Å². The fourth-order valence-corrected chi connectivity index (χ4v) is 1.92. The summed E-state index contributed by atoms with van der Waals surface area (Å²) in [6, 6.07) is 5.59. The lowest BCUT2D eigenvalue weighted by atomic mass is 10.2. The minimum atomic E-state index is -0.130. The Bertz CT molecular complexity index is 609. The molecule has 0 unspecified atom stereocenters. The minimum absolute atomic E-state index is 0.00416. The highest BCUT2D eigenvalue weighted by Crippen LogP contribution is 2.26. The van der Waals surface area contributed by atoms with Gasteiger partial charge in [0.15, 0.2) is 5.96 Å². The summed E-state index contributed by atoms with van der Waals surface area (Å²) in [4.78, 5) is 7.75. The van der Waals surface area contributed by atoms with Crippen molar-refractivity contribution in [3.8, 4) is 0 Å². The molecule has 2 rings (SSSR count). The number of aliphatic imine (C=N–C) groups is 2. The monoisotopic (exact) mass is 343 g/mol. The van der Waals surface area contributed by atoms with Gasteiger partial charge in [-0.3, -0.25) is 5.10 Å². The standard InChI is InChI=1S/C9H10IN7/c10-7-4-2-1-3-5(6(4)16-17-7)14-9(13)15-8(11)12/h1-3H,(H,16,17)(H6,11,12,13,14,15). The number of aromatic amines is 1. The zero-order chi connectivity index (χ0) is 12.4. The Hall–Kier alpha value is -1.84. The van der Waals surface area contributed by atoms with Gasteiger partial charge in [-0.05, 0) is 34.7 Å². The summed E-state index contributed by atoms with van der Waals surface area (Å²) >= 11 is 2.16. The van der Waals surface area contributed by atoms with E-state index in [0.29, 0.717) is 5.69 Å². The molecule has 0 radical (unpaired) electrons. The van der Waals surface area contributed by atoms with E-state index < -0.39 is 0 Å². The first-order valence-corrected chi connectivity index (χ1v) is 5.72. The summed E-state index contributed by atoms with van der Waals surface area (Å²) < 4.78 is 0.940. The van der Waals surface area contributed by atoms with Gasteiger partial charge in [0.05, 0.1) is 5.69 Å². The number of para-hydroxylation sites is 1. The van der Waals surface area contributed by atoms with E-state index in [-0.39, 0.29) is 11.9 Å². The SMILES string of the molecule is NC(N)=NC(N)=Nc1cccc2c(I)[nH]nc12. The van der Waals surface area contributed by atoms with E-state index in [9.17, 15) is 0 Å². The van der Waals surface area contributed by atoms with Crippen LogP contribution in [0.3, 0.4) is 0 Å². The van der Waals surface area contributed by atoms with Gasteiger partial charge in [0.1, 0.15) is 9.22 Å². The first-order chi connectivity index (χ1) is 8.08. The molecule has 0 aliphatic carbocycles. The molecule has 0 aliphatic rings. The van der Waals surface area contributed by atoms with Gasteiger partial charge in [0.2, 0.25) is 5.96 Å². The van der Waals surface area contributed by atoms with Gasteiger partial charge in [-0.15, -0.1) is 0 Å². The van der Waals surface area contributed by atoms with E-state index >= 15 is 0 Å². The molecule has 0 fully saturated rings. The second-order valence-corrected chi connectivity index (χ2v) is 4.30. The zero-order valence-electron chi connectivity index (χ0n) is 8.68. The average Bonchev–Trinajstić information content (AvgIpc) is 2.61. The molecule has 1 heterocycles. The molecular formula is C9H10IN7. The molecule has 0 saturated carbocycles. The van der Waals surface area contributed by atoms with E-state index in [2.05, 4.69) is 42.8 Å². The number of guanidine groups is 2. The maximum Gasteiger partial charge on any atom is 0.223 e. The van der Waals surface area contributed by atoms with Crippen molar-refractivity contribution in [2.24, 2.45) is 27.2 Å². The number of H-pyrrole nitrogens is 1. The van der Waals surface area contributed by atoms with Crippen LogP contribution in [-0.4, -0.2) is 22.1 Å². The Kier molecular flexibility index (Phi) is 3.13. The number of aromatic nitrogens is 2. The summed E-state index contributed by atoms with van der Waals surface area (Å²) in [5.74, 6) is -0.134. The Morgan fingerprint density at radius 2 is 2.06 bits per heavy atom. The van der Waals surface area contributed by atoms with Gasteiger partial charge in [-0.1, -0.05) is 6.07 Å². The van der Waals surface area contributed by atoms with E-state index in [1.165, 1.54) is 0 Å². The van der Waals surface area contributed by atoms with Crippen LogP contribution in [0.25, 0.3) is 10.9 Å². The molecule has 2 aromatic rings. The number of halogens is 1. The molecule has 1 aromatic heterocycles. The van der Waals surface area contributed by atoms with Crippen LogP contribution in [0.1, 0.15) is 0 Å². The van der Waals surface area contributed by atoms with Crippen LogP contribution < -0.4 is 17.2 Å². The Labute approximate surface area is 110 Å². The molecule has 0 spiro atoms. The molecule has 0 amide bonds. The van der Waals surface area contributed by atoms with Crippen LogP contribution in [0.2, 0.25) is 0 Å². The molecule has 1 aromatic carbocycles. The molecule has 0 atom stereocenters. The van der Waals surface area contributed by atoms with Crippen LogP contribution in [0, 0.1) is 3.70 Å². The summed E-state index contributed by atoms with van der Waals surface area (Å²) in [5, 5.41) is 7.99. The number of hydrogen-bond acceptors (Lipinski definition) is 2. The van der Waals surface area contributed by atoms with Crippen molar-refractivity contribution < 1.29 is 0 Å².